The molecule has 2 heterocycles. The van der Waals surface area contributed by atoms with Gasteiger partial charge in [0.25, 0.3) is 0 Å². The van der Waals surface area contributed by atoms with Crippen LogP contribution in [0.1, 0.15) is 24.8 Å². The van der Waals surface area contributed by atoms with Gasteiger partial charge in [-0.3, -0.25) is 0 Å². The molecule has 1 aromatic heterocycles. The molecule has 146 valence electrons. The molecule has 2 aromatic rings. The molecule has 0 bridgehead atoms. The molecule has 1 aliphatic heterocycles. The number of ether oxygens (including phenoxy) is 1. The van der Waals surface area contributed by atoms with E-state index in [1.165, 1.54) is 32.4 Å². The number of nitrogens with one attached hydrogen (secondary N) is 1. The molecule has 1 aliphatic rings. The lowest BCUT2D eigenvalue weighted by Crippen LogP contribution is -2.30. The van der Waals surface area contributed by atoms with E-state index in [-0.39, 0.29) is 17.2 Å². The summed E-state index contributed by atoms with van der Waals surface area (Å²) in [6, 6.07) is 6.78. The number of methoxy groups -OCH3 is 1. The van der Waals surface area contributed by atoms with E-state index >= 15 is 0 Å². The number of piperidine rings is 1. The van der Waals surface area contributed by atoms with E-state index < -0.39 is 10.0 Å². The molecule has 1 fully saturated rings. The molecule has 3 rings (SSSR count). The Balaban J connectivity index is 1.72. The molecular weight excluding hydrogens is 454 g/mol. The quantitative estimate of drug-likeness (QED) is 0.686. The molecule has 1 aromatic carbocycles. The summed E-state index contributed by atoms with van der Waals surface area (Å²) < 4.78 is 33.7. The molecule has 0 unspecified atom stereocenters. The Labute approximate surface area is 173 Å². The van der Waals surface area contributed by atoms with E-state index in [2.05, 4.69) is 30.5 Å². The first kappa shape index (κ1) is 20.4. The van der Waals surface area contributed by atoms with Crippen molar-refractivity contribution in [1.29, 1.82) is 0 Å². The average Bonchev–Trinajstić information content (AvgIpc) is 2.67. The number of rotatable bonds is 6. The Morgan fingerprint density at radius 2 is 2.00 bits per heavy atom. The smallest absolute Gasteiger partial charge is 0.244 e. The minimum Gasteiger partial charge on any atom is -0.494 e. The summed E-state index contributed by atoms with van der Waals surface area (Å²) in [4.78, 5) is 6.72. The number of pyridine rings is 1. The van der Waals surface area contributed by atoms with Gasteiger partial charge in [-0.05, 0) is 59.0 Å². The van der Waals surface area contributed by atoms with Crippen LogP contribution in [-0.4, -0.2) is 33.6 Å². The predicted octanol–water partition coefficient (Wildman–Crippen LogP) is 3.97. The molecule has 0 saturated carbocycles. The minimum absolute atomic E-state index is 0.0118. The van der Waals surface area contributed by atoms with Gasteiger partial charge >= 0.3 is 0 Å². The summed E-state index contributed by atoms with van der Waals surface area (Å²) in [7, 11) is -2.39. The zero-order chi connectivity index (χ0) is 19.4. The lowest BCUT2D eigenvalue weighted by atomic mass is 10.1. The highest BCUT2D eigenvalue weighted by Gasteiger charge is 2.22. The largest absolute Gasteiger partial charge is 0.494 e. The molecule has 0 spiro atoms. The Kier molecular flexibility index (Phi) is 6.62. The number of hydrogen-bond acceptors (Lipinski definition) is 5. The van der Waals surface area contributed by atoms with Crippen molar-refractivity contribution < 1.29 is 13.2 Å². The first-order chi connectivity index (χ1) is 12.9. The summed E-state index contributed by atoms with van der Waals surface area (Å²) in [5.41, 5.74) is 0.777. The summed E-state index contributed by atoms with van der Waals surface area (Å²) in [5.74, 6) is 1.15. The number of hydrogen-bond donors (Lipinski definition) is 1. The van der Waals surface area contributed by atoms with Gasteiger partial charge in [-0.1, -0.05) is 17.7 Å². The van der Waals surface area contributed by atoms with Crippen molar-refractivity contribution in [3.63, 3.8) is 0 Å². The van der Waals surface area contributed by atoms with Crippen LogP contribution in [0.2, 0.25) is 5.02 Å². The highest BCUT2D eigenvalue weighted by molar-refractivity contribution is 9.10. The molecule has 6 nitrogen and oxygen atoms in total. The van der Waals surface area contributed by atoms with Crippen LogP contribution in [0.5, 0.6) is 5.75 Å². The SMILES string of the molecule is COc1c(Br)cc(Cl)cc1S(=O)(=O)NCc1ccc(N2CCCCC2)nc1. The van der Waals surface area contributed by atoms with Gasteiger partial charge < -0.3 is 9.64 Å². The van der Waals surface area contributed by atoms with Gasteiger partial charge in [0, 0.05) is 30.9 Å². The van der Waals surface area contributed by atoms with Gasteiger partial charge in [0.15, 0.2) is 5.75 Å². The van der Waals surface area contributed by atoms with Crippen LogP contribution >= 0.6 is 27.5 Å². The second kappa shape index (κ2) is 8.77. The lowest BCUT2D eigenvalue weighted by Gasteiger charge is -2.27. The van der Waals surface area contributed by atoms with E-state index in [1.807, 2.05) is 12.1 Å². The van der Waals surface area contributed by atoms with Crippen molar-refractivity contribution in [1.82, 2.24) is 9.71 Å². The average molecular weight is 475 g/mol. The Morgan fingerprint density at radius 1 is 1.26 bits per heavy atom. The zero-order valence-corrected chi connectivity index (χ0v) is 18.1. The van der Waals surface area contributed by atoms with Gasteiger partial charge in [-0.15, -0.1) is 0 Å². The van der Waals surface area contributed by atoms with Crippen LogP contribution in [0.3, 0.4) is 0 Å². The molecule has 9 heteroatoms. The number of aromatic nitrogens is 1. The maximum absolute atomic E-state index is 12.7. The molecule has 1 N–H and O–H groups in total. The molecule has 1 saturated heterocycles. The first-order valence-corrected chi connectivity index (χ1v) is 11.3. The van der Waals surface area contributed by atoms with Crippen molar-refractivity contribution >= 4 is 43.4 Å². The molecule has 0 atom stereocenters. The summed E-state index contributed by atoms with van der Waals surface area (Å²) >= 11 is 9.28. The third-order valence-corrected chi connectivity index (χ3v) is 6.64. The van der Waals surface area contributed by atoms with Gasteiger partial charge in [0.2, 0.25) is 10.0 Å². The van der Waals surface area contributed by atoms with E-state index in [0.29, 0.717) is 9.50 Å². The summed E-state index contributed by atoms with van der Waals surface area (Å²) in [5, 5.41) is 0.301. The summed E-state index contributed by atoms with van der Waals surface area (Å²) in [6.45, 7) is 2.16. The Bertz CT molecular complexity index is 901. The molecular formula is C18H21BrClN3O3S. The highest BCUT2D eigenvalue weighted by Crippen LogP contribution is 2.35. The van der Waals surface area contributed by atoms with E-state index in [0.717, 1.165) is 24.5 Å². The number of sulfonamides is 1. The second-order valence-electron chi connectivity index (χ2n) is 6.32. The van der Waals surface area contributed by atoms with Crippen molar-refractivity contribution in [3.05, 3.63) is 45.5 Å². The first-order valence-electron chi connectivity index (χ1n) is 8.63. The zero-order valence-electron chi connectivity index (χ0n) is 14.9. The maximum Gasteiger partial charge on any atom is 0.244 e. The fraction of sp³-hybridized carbons (Fsp3) is 0.389. The number of anilines is 1. The Morgan fingerprint density at radius 3 is 2.63 bits per heavy atom. The third kappa shape index (κ3) is 4.93. The van der Waals surface area contributed by atoms with Gasteiger partial charge in [0.1, 0.15) is 10.7 Å². The molecule has 27 heavy (non-hydrogen) atoms. The number of halogens is 2. The van der Waals surface area contributed by atoms with E-state index in [9.17, 15) is 8.42 Å². The monoisotopic (exact) mass is 473 g/mol. The van der Waals surface area contributed by atoms with Crippen molar-refractivity contribution in [3.8, 4) is 5.75 Å². The number of benzene rings is 1. The van der Waals surface area contributed by atoms with Crippen LogP contribution in [0.25, 0.3) is 0 Å². The second-order valence-corrected chi connectivity index (χ2v) is 9.34. The fourth-order valence-electron chi connectivity index (χ4n) is 3.02. The van der Waals surface area contributed by atoms with Crippen molar-refractivity contribution in [2.75, 3.05) is 25.1 Å². The Hall–Kier alpha value is -1.35. The number of nitrogens with zero attached hydrogens (tertiary/aromatic N) is 2. The van der Waals surface area contributed by atoms with E-state index in [4.69, 9.17) is 16.3 Å². The molecule has 0 radical (unpaired) electrons. The van der Waals surface area contributed by atoms with Crippen LogP contribution in [0, 0.1) is 0 Å². The topological polar surface area (TPSA) is 71.5 Å². The van der Waals surface area contributed by atoms with E-state index in [1.54, 1.807) is 12.3 Å². The predicted molar refractivity (Wildman–Crippen MR) is 110 cm³/mol. The third-order valence-electron chi connectivity index (χ3n) is 4.42. The highest BCUT2D eigenvalue weighted by atomic mass is 79.9. The minimum atomic E-state index is -3.80. The summed E-state index contributed by atoms with van der Waals surface area (Å²) in [6.07, 6.45) is 5.33. The van der Waals surface area contributed by atoms with Gasteiger partial charge in [-0.25, -0.2) is 18.1 Å². The standard InChI is InChI=1S/C18H21BrClN3O3S/c1-26-18-15(19)9-14(20)10-16(18)27(24,25)22-12-13-5-6-17(21-11-13)23-7-3-2-4-8-23/h5-6,9-11,22H,2-4,7-8,12H2,1H3. The molecule has 0 aliphatic carbocycles. The van der Waals surface area contributed by atoms with Crippen LogP contribution in [0.15, 0.2) is 39.8 Å². The van der Waals surface area contributed by atoms with Crippen molar-refractivity contribution in [2.45, 2.75) is 30.7 Å². The fourth-order valence-corrected chi connectivity index (χ4v) is 5.42. The van der Waals surface area contributed by atoms with Crippen molar-refractivity contribution in [2.24, 2.45) is 0 Å². The molecule has 0 amide bonds. The van der Waals surface area contributed by atoms with Crippen LogP contribution < -0.4 is 14.4 Å². The maximum atomic E-state index is 12.7. The van der Waals surface area contributed by atoms with Crippen LogP contribution in [-0.2, 0) is 16.6 Å². The van der Waals surface area contributed by atoms with Gasteiger partial charge in [-0.2, -0.15) is 0 Å². The van der Waals surface area contributed by atoms with Gasteiger partial charge in [0.05, 0.1) is 11.6 Å². The normalized spacial score (nSPS) is 15.0. The lowest BCUT2D eigenvalue weighted by molar-refractivity contribution is 0.399. The van der Waals surface area contributed by atoms with Crippen LogP contribution in [0.4, 0.5) is 5.82 Å².